The van der Waals surface area contributed by atoms with Gasteiger partial charge < -0.3 is 10.4 Å². The summed E-state index contributed by atoms with van der Waals surface area (Å²) in [7, 11) is 0. The molecule has 0 spiro atoms. The van der Waals surface area contributed by atoms with E-state index in [-0.39, 0.29) is 24.3 Å². The Morgan fingerprint density at radius 2 is 1.83 bits per heavy atom. The van der Waals surface area contributed by atoms with Crippen LogP contribution in [0.4, 0.5) is 0 Å². The minimum Gasteiger partial charge on any atom is -0.394 e. The lowest BCUT2D eigenvalue weighted by atomic mass is 10.1. The zero-order chi connectivity index (χ0) is 16.8. The summed E-state index contributed by atoms with van der Waals surface area (Å²) in [6.07, 6.45) is 1.75. The molecule has 2 aromatic carbocycles. The first-order valence-corrected chi connectivity index (χ1v) is 8.68. The van der Waals surface area contributed by atoms with Gasteiger partial charge in [-0.3, -0.25) is 4.79 Å². The number of nitrogens with zero attached hydrogens (tertiary/aromatic N) is 1. The molecule has 0 aliphatic rings. The predicted molar refractivity (Wildman–Crippen MR) is 96.9 cm³/mol. The first kappa shape index (κ1) is 16.5. The van der Waals surface area contributed by atoms with Gasteiger partial charge in [0.15, 0.2) is 0 Å². The minimum atomic E-state index is -0.389. The van der Waals surface area contributed by atoms with Crippen molar-refractivity contribution in [2.24, 2.45) is 0 Å². The monoisotopic (exact) mass is 338 g/mol. The number of carbonyl (C=O) groups excluding carboxylic acids is 1. The minimum absolute atomic E-state index is 0.127. The van der Waals surface area contributed by atoms with Gasteiger partial charge in [0.2, 0.25) is 5.91 Å². The van der Waals surface area contributed by atoms with Gasteiger partial charge in [-0.1, -0.05) is 66.4 Å². The van der Waals surface area contributed by atoms with Crippen molar-refractivity contribution in [3.05, 3.63) is 72.4 Å². The number of nitrogens with one attached hydrogen (secondary N) is 1. The van der Waals surface area contributed by atoms with Crippen molar-refractivity contribution in [1.82, 2.24) is 10.3 Å². The lowest BCUT2D eigenvalue weighted by molar-refractivity contribution is -0.119. The molecule has 2 N–H and O–H groups in total. The molecular formula is C19H18N2O2S. The Bertz CT molecular complexity index is 818. The number of benzene rings is 2. The number of hydrogen-bond donors (Lipinski definition) is 2. The molecule has 0 saturated heterocycles. The molecule has 3 aromatic rings. The lowest BCUT2D eigenvalue weighted by Crippen LogP contribution is -2.32. The zero-order valence-corrected chi connectivity index (χ0v) is 13.9. The molecule has 0 fully saturated rings. The molecule has 122 valence electrons. The molecule has 1 aromatic heterocycles. The topological polar surface area (TPSA) is 62.2 Å². The van der Waals surface area contributed by atoms with E-state index in [9.17, 15) is 9.90 Å². The standard InChI is InChI=1S/C19H18N2O2S/c22-12-17(15-7-2-1-3-8-15)21-18(23)13-24-19-16-9-5-4-6-14(16)10-11-20-19/h1-11,17,22H,12-13H2,(H,21,23)/t17-/m1/s1. The highest BCUT2D eigenvalue weighted by Crippen LogP contribution is 2.25. The second-order valence-corrected chi connectivity index (χ2v) is 6.30. The molecule has 1 heterocycles. The fourth-order valence-corrected chi connectivity index (χ4v) is 3.32. The summed E-state index contributed by atoms with van der Waals surface area (Å²) in [4.78, 5) is 16.6. The highest BCUT2D eigenvalue weighted by Gasteiger charge is 2.14. The van der Waals surface area contributed by atoms with Crippen molar-refractivity contribution >= 4 is 28.4 Å². The molecule has 24 heavy (non-hydrogen) atoms. The van der Waals surface area contributed by atoms with Crippen molar-refractivity contribution in [3.63, 3.8) is 0 Å². The lowest BCUT2D eigenvalue weighted by Gasteiger charge is -2.16. The third-order valence-corrected chi connectivity index (χ3v) is 4.70. The number of amides is 1. The van der Waals surface area contributed by atoms with Gasteiger partial charge >= 0.3 is 0 Å². The summed E-state index contributed by atoms with van der Waals surface area (Å²) < 4.78 is 0. The van der Waals surface area contributed by atoms with Gasteiger partial charge in [0.05, 0.1) is 18.4 Å². The molecule has 1 atom stereocenters. The van der Waals surface area contributed by atoms with Crippen LogP contribution in [0.3, 0.4) is 0 Å². The molecule has 0 bridgehead atoms. The van der Waals surface area contributed by atoms with Gasteiger partial charge in [-0.25, -0.2) is 4.98 Å². The van der Waals surface area contributed by atoms with Gasteiger partial charge in [0.25, 0.3) is 0 Å². The Balaban J connectivity index is 1.64. The molecule has 0 aliphatic heterocycles. The summed E-state index contributed by atoms with van der Waals surface area (Å²) in [6, 6.07) is 19.0. The molecule has 0 radical (unpaired) electrons. The van der Waals surface area contributed by atoms with Crippen LogP contribution < -0.4 is 5.32 Å². The Morgan fingerprint density at radius 1 is 1.08 bits per heavy atom. The smallest absolute Gasteiger partial charge is 0.230 e. The molecule has 0 unspecified atom stereocenters. The van der Waals surface area contributed by atoms with Crippen molar-refractivity contribution in [3.8, 4) is 0 Å². The first-order chi connectivity index (χ1) is 11.8. The largest absolute Gasteiger partial charge is 0.394 e. The predicted octanol–water partition coefficient (Wildman–Crippen LogP) is 3.18. The molecule has 4 nitrogen and oxygen atoms in total. The zero-order valence-electron chi connectivity index (χ0n) is 13.1. The third-order valence-electron chi connectivity index (χ3n) is 3.70. The molecule has 3 rings (SSSR count). The van der Waals surface area contributed by atoms with E-state index in [4.69, 9.17) is 0 Å². The Hall–Kier alpha value is -2.37. The van der Waals surface area contributed by atoms with Crippen LogP contribution in [0.25, 0.3) is 10.8 Å². The summed E-state index contributed by atoms with van der Waals surface area (Å²) in [5, 5.41) is 15.4. The van der Waals surface area contributed by atoms with Crippen molar-refractivity contribution < 1.29 is 9.90 Å². The maximum atomic E-state index is 12.2. The number of pyridine rings is 1. The maximum absolute atomic E-state index is 12.2. The fourth-order valence-electron chi connectivity index (χ4n) is 2.50. The van der Waals surface area contributed by atoms with E-state index in [2.05, 4.69) is 10.3 Å². The molecule has 1 amide bonds. The highest BCUT2D eigenvalue weighted by molar-refractivity contribution is 8.00. The molecule has 0 aliphatic carbocycles. The van der Waals surface area contributed by atoms with Crippen LogP contribution in [0.15, 0.2) is 71.9 Å². The normalized spacial score (nSPS) is 12.0. The van der Waals surface area contributed by atoms with E-state index in [1.165, 1.54) is 11.8 Å². The van der Waals surface area contributed by atoms with Crippen molar-refractivity contribution in [1.29, 1.82) is 0 Å². The number of rotatable bonds is 6. The average molecular weight is 338 g/mol. The van der Waals surface area contributed by atoms with Gasteiger partial charge in [0, 0.05) is 11.6 Å². The second-order valence-electron chi connectivity index (χ2n) is 5.34. The number of thioether (sulfide) groups is 1. The van der Waals surface area contributed by atoms with E-state index in [1.54, 1.807) is 6.20 Å². The van der Waals surface area contributed by atoms with Crippen molar-refractivity contribution in [2.75, 3.05) is 12.4 Å². The fraction of sp³-hybridized carbons (Fsp3) is 0.158. The van der Waals surface area contributed by atoms with Gasteiger partial charge in [-0.2, -0.15) is 0 Å². The summed E-state index contributed by atoms with van der Waals surface area (Å²) in [6.45, 7) is -0.132. The van der Waals surface area contributed by atoms with Crippen LogP contribution in [0, 0.1) is 0 Å². The van der Waals surface area contributed by atoms with Gasteiger partial charge in [0.1, 0.15) is 5.03 Å². The van der Waals surface area contributed by atoms with Crippen LogP contribution in [-0.2, 0) is 4.79 Å². The van der Waals surface area contributed by atoms with E-state index in [0.717, 1.165) is 21.4 Å². The van der Waals surface area contributed by atoms with E-state index < -0.39 is 0 Å². The van der Waals surface area contributed by atoms with Crippen LogP contribution in [0.1, 0.15) is 11.6 Å². The molecule has 5 heteroatoms. The molecular weight excluding hydrogens is 320 g/mol. The summed E-state index contributed by atoms with van der Waals surface area (Å²) >= 11 is 1.40. The third kappa shape index (κ3) is 3.93. The number of aliphatic hydroxyl groups excluding tert-OH is 1. The Labute approximate surface area is 144 Å². The van der Waals surface area contributed by atoms with Gasteiger partial charge in [-0.05, 0) is 17.0 Å². The summed E-state index contributed by atoms with van der Waals surface area (Å²) in [5.74, 6) is 0.127. The first-order valence-electron chi connectivity index (χ1n) is 7.69. The SMILES string of the molecule is O=C(CSc1nccc2ccccc12)N[C@H](CO)c1ccccc1. The van der Waals surface area contributed by atoms with Crippen LogP contribution in [0.5, 0.6) is 0 Å². The quantitative estimate of drug-likeness (QED) is 0.678. The number of aromatic nitrogens is 1. The van der Waals surface area contributed by atoms with Crippen molar-refractivity contribution in [2.45, 2.75) is 11.1 Å². The number of fused-ring (bicyclic) bond motifs is 1. The maximum Gasteiger partial charge on any atom is 0.230 e. The average Bonchev–Trinajstić information content (AvgIpc) is 2.65. The Kier molecular flexibility index (Phi) is 5.46. The number of aliphatic hydroxyl groups is 1. The van der Waals surface area contributed by atoms with E-state index >= 15 is 0 Å². The summed E-state index contributed by atoms with van der Waals surface area (Å²) in [5.41, 5.74) is 0.890. The second kappa shape index (κ2) is 7.95. The van der Waals surface area contributed by atoms with E-state index in [0.29, 0.717) is 0 Å². The van der Waals surface area contributed by atoms with Crippen LogP contribution in [-0.4, -0.2) is 28.4 Å². The highest BCUT2D eigenvalue weighted by atomic mass is 32.2. The van der Waals surface area contributed by atoms with E-state index in [1.807, 2.05) is 60.7 Å². The molecule has 0 saturated carbocycles. The van der Waals surface area contributed by atoms with Crippen LogP contribution in [0.2, 0.25) is 0 Å². The van der Waals surface area contributed by atoms with Crippen LogP contribution >= 0.6 is 11.8 Å². The Morgan fingerprint density at radius 3 is 2.62 bits per heavy atom. The van der Waals surface area contributed by atoms with Gasteiger partial charge in [-0.15, -0.1) is 0 Å². The number of carbonyl (C=O) groups is 1. The number of hydrogen-bond acceptors (Lipinski definition) is 4.